The van der Waals surface area contributed by atoms with Crippen molar-refractivity contribution in [3.63, 3.8) is 0 Å². The molecule has 4 rings (SSSR count). The first-order chi connectivity index (χ1) is 8.96. The van der Waals surface area contributed by atoms with E-state index >= 15 is 0 Å². The lowest BCUT2D eigenvalue weighted by Gasteiger charge is -2.70. The molecule has 0 aromatic heterocycles. The summed E-state index contributed by atoms with van der Waals surface area (Å²) >= 11 is 0. The van der Waals surface area contributed by atoms with Gasteiger partial charge in [0.25, 0.3) is 0 Å². The molecule has 0 unspecified atom stereocenters. The molecule has 7 heteroatoms. The second kappa shape index (κ2) is 3.72. The molecule has 0 radical (unpaired) electrons. The highest BCUT2D eigenvalue weighted by Crippen LogP contribution is 2.60. The van der Waals surface area contributed by atoms with Crippen LogP contribution in [-0.2, 0) is 14.3 Å². The van der Waals surface area contributed by atoms with E-state index < -0.39 is 12.1 Å². The first-order valence-corrected chi connectivity index (χ1v) is 6.16. The van der Waals surface area contributed by atoms with Gasteiger partial charge in [0, 0.05) is 11.1 Å². The third kappa shape index (κ3) is 1.85. The van der Waals surface area contributed by atoms with E-state index in [1.165, 1.54) is 6.08 Å². The van der Waals surface area contributed by atoms with Gasteiger partial charge in [-0.05, 0) is 25.3 Å². The number of nitrogens with one attached hydrogen (secondary N) is 3. The summed E-state index contributed by atoms with van der Waals surface area (Å²) in [6.45, 7) is 3.48. The van der Waals surface area contributed by atoms with Gasteiger partial charge >= 0.3 is 6.09 Å². The predicted octanol–water partition coefficient (Wildman–Crippen LogP) is -0.812. The molecule has 3 aliphatic carbocycles. The fourth-order valence-corrected chi connectivity index (χ4v) is 3.24. The van der Waals surface area contributed by atoms with Crippen molar-refractivity contribution in [2.75, 3.05) is 6.61 Å². The maximum Gasteiger partial charge on any atom is 0.407 e. The van der Waals surface area contributed by atoms with Crippen molar-refractivity contribution in [1.82, 2.24) is 16.0 Å². The van der Waals surface area contributed by atoms with Gasteiger partial charge in [-0.25, -0.2) is 4.79 Å². The summed E-state index contributed by atoms with van der Waals surface area (Å²) in [5.41, 5.74) is -0.396. The Balaban J connectivity index is 1.49. The lowest BCUT2D eigenvalue weighted by Crippen LogP contribution is -2.84. The summed E-state index contributed by atoms with van der Waals surface area (Å²) in [5.74, 6) is -0.412. The Labute approximate surface area is 109 Å². The number of alkyl carbamates (subject to hydrolysis) is 1. The number of hydrogen-bond acceptors (Lipinski definition) is 4. The minimum atomic E-state index is -0.611. The Morgan fingerprint density at radius 2 is 1.95 bits per heavy atom. The van der Waals surface area contributed by atoms with Gasteiger partial charge in [-0.2, -0.15) is 0 Å². The number of cyclic esters (lactones) is 1. The van der Waals surface area contributed by atoms with E-state index in [1.54, 1.807) is 0 Å². The van der Waals surface area contributed by atoms with Crippen LogP contribution < -0.4 is 16.0 Å². The van der Waals surface area contributed by atoms with E-state index in [-0.39, 0.29) is 29.5 Å². The fourth-order valence-electron chi connectivity index (χ4n) is 3.24. The predicted molar refractivity (Wildman–Crippen MR) is 64.1 cm³/mol. The van der Waals surface area contributed by atoms with Crippen LogP contribution in [0.4, 0.5) is 4.79 Å². The third-order valence-corrected chi connectivity index (χ3v) is 3.98. The maximum absolute atomic E-state index is 11.9. The van der Waals surface area contributed by atoms with Crippen LogP contribution in [0.2, 0.25) is 0 Å². The van der Waals surface area contributed by atoms with Crippen LogP contribution in [-0.4, -0.2) is 41.6 Å². The van der Waals surface area contributed by atoms with Gasteiger partial charge in [-0.3, -0.25) is 9.59 Å². The zero-order chi connectivity index (χ0) is 13.7. The third-order valence-electron chi connectivity index (χ3n) is 3.98. The normalized spacial score (nSPS) is 38.1. The quantitative estimate of drug-likeness (QED) is 0.579. The van der Waals surface area contributed by atoms with E-state index in [0.717, 1.165) is 19.3 Å². The summed E-state index contributed by atoms with van der Waals surface area (Å²) in [5, 5.41) is 8.24. The van der Waals surface area contributed by atoms with Gasteiger partial charge in [0.2, 0.25) is 11.8 Å². The Hall–Kier alpha value is -2.05. The molecule has 19 heavy (non-hydrogen) atoms. The summed E-state index contributed by atoms with van der Waals surface area (Å²) in [6, 6.07) is -0.611. The number of rotatable bonds is 4. The van der Waals surface area contributed by atoms with Crippen molar-refractivity contribution in [3.05, 3.63) is 12.7 Å². The fraction of sp³-hybridized carbons (Fsp3) is 0.583. The van der Waals surface area contributed by atoms with Crippen LogP contribution in [0, 0.1) is 0 Å². The van der Waals surface area contributed by atoms with Gasteiger partial charge < -0.3 is 20.7 Å². The molecule has 7 nitrogen and oxygen atoms in total. The van der Waals surface area contributed by atoms with Crippen LogP contribution >= 0.6 is 0 Å². The SMILES string of the molecule is C=CC(=O)NC12CC(NC(=O)[C@H]3COC(=O)N3)(C1)C2. The number of carbonyl (C=O) groups excluding carboxylic acids is 3. The van der Waals surface area contributed by atoms with Gasteiger partial charge in [0.05, 0.1) is 0 Å². The molecular weight excluding hydrogens is 250 g/mol. The monoisotopic (exact) mass is 265 g/mol. The molecule has 1 saturated heterocycles. The van der Waals surface area contributed by atoms with Crippen LogP contribution in [0.1, 0.15) is 19.3 Å². The van der Waals surface area contributed by atoms with Crippen molar-refractivity contribution in [3.8, 4) is 0 Å². The minimum Gasteiger partial charge on any atom is -0.447 e. The van der Waals surface area contributed by atoms with Crippen molar-refractivity contribution in [2.24, 2.45) is 0 Å². The lowest BCUT2D eigenvalue weighted by atomic mass is 9.44. The van der Waals surface area contributed by atoms with Crippen molar-refractivity contribution < 1.29 is 19.1 Å². The van der Waals surface area contributed by atoms with Crippen molar-refractivity contribution in [2.45, 2.75) is 36.4 Å². The first kappa shape index (κ1) is 12.0. The largest absolute Gasteiger partial charge is 0.447 e. The Morgan fingerprint density at radius 3 is 2.47 bits per heavy atom. The molecule has 1 heterocycles. The first-order valence-electron chi connectivity index (χ1n) is 6.16. The van der Waals surface area contributed by atoms with Crippen molar-refractivity contribution in [1.29, 1.82) is 0 Å². The number of carbonyl (C=O) groups is 3. The number of amides is 3. The Morgan fingerprint density at radius 1 is 1.32 bits per heavy atom. The maximum atomic E-state index is 11.9. The summed E-state index contributed by atoms with van der Waals surface area (Å²) in [4.78, 5) is 34.0. The minimum absolute atomic E-state index is 0.0685. The van der Waals surface area contributed by atoms with E-state index in [0.29, 0.717) is 0 Å². The zero-order valence-corrected chi connectivity index (χ0v) is 10.3. The second-order valence-electron chi connectivity index (χ2n) is 5.57. The zero-order valence-electron chi connectivity index (χ0n) is 10.3. The van der Waals surface area contributed by atoms with Gasteiger partial charge in [-0.1, -0.05) is 6.58 Å². The molecule has 4 aliphatic rings. The van der Waals surface area contributed by atoms with Gasteiger partial charge in [0.15, 0.2) is 0 Å². The molecular formula is C12H15N3O4. The van der Waals surface area contributed by atoms with E-state index in [4.69, 9.17) is 0 Å². The average molecular weight is 265 g/mol. The van der Waals surface area contributed by atoms with Crippen LogP contribution in [0.3, 0.4) is 0 Å². The second-order valence-corrected chi connectivity index (χ2v) is 5.57. The highest BCUT2D eigenvalue weighted by atomic mass is 16.6. The molecule has 4 fully saturated rings. The van der Waals surface area contributed by atoms with Crippen LogP contribution in [0.5, 0.6) is 0 Å². The summed E-state index contributed by atoms with van der Waals surface area (Å²) in [6.07, 6.45) is 2.87. The molecule has 1 atom stereocenters. The summed E-state index contributed by atoms with van der Waals surface area (Å²) in [7, 11) is 0. The van der Waals surface area contributed by atoms with Crippen molar-refractivity contribution >= 4 is 17.9 Å². The van der Waals surface area contributed by atoms with Crippen LogP contribution in [0.25, 0.3) is 0 Å². The number of ether oxygens (including phenoxy) is 1. The topological polar surface area (TPSA) is 96.5 Å². The molecule has 102 valence electrons. The highest BCUT2D eigenvalue weighted by molar-refractivity contribution is 5.90. The van der Waals surface area contributed by atoms with Gasteiger partial charge in [-0.15, -0.1) is 0 Å². The summed E-state index contributed by atoms with van der Waals surface area (Å²) < 4.78 is 4.67. The molecule has 0 aromatic rings. The Kier molecular flexibility index (Phi) is 2.35. The van der Waals surface area contributed by atoms with E-state index in [2.05, 4.69) is 27.3 Å². The molecule has 3 N–H and O–H groups in total. The lowest BCUT2D eigenvalue weighted by molar-refractivity contribution is -0.148. The molecule has 0 spiro atoms. The Bertz CT molecular complexity index is 468. The van der Waals surface area contributed by atoms with E-state index in [1.807, 2.05) is 0 Å². The van der Waals surface area contributed by atoms with Gasteiger partial charge in [0.1, 0.15) is 12.6 Å². The molecule has 2 bridgehead atoms. The van der Waals surface area contributed by atoms with Crippen LogP contribution in [0.15, 0.2) is 12.7 Å². The average Bonchev–Trinajstić information content (AvgIpc) is 2.71. The molecule has 1 aliphatic heterocycles. The molecule has 3 amide bonds. The molecule has 3 saturated carbocycles. The molecule has 0 aromatic carbocycles. The smallest absolute Gasteiger partial charge is 0.407 e. The number of hydrogen-bond donors (Lipinski definition) is 3. The highest BCUT2D eigenvalue weighted by Gasteiger charge is 2.69. The van der Waals surface area contributed by atoms with E-state index in [9.17, 15) is 14.4 Å². The standard InChI is InChI=1S/C12H15N3O4/c1-2-8(16)14-11-4-12(5-11,6-11)15-9(17)7-3-19-10(18)13-7/h2,7H,1,3-6H2,(H,13,18)(H,14,16)(H,15,17)/t7-,11?,12?/m1/s1.